The van der Waals surface area contributed by atoms with Crippen LogP contribution in [0.15, 0.2) is 24.3 Å². The van der Waals surface area contributed by atoms with E-state index >= 15 is 0 Å². The van der Waals surface area contributed by atoms with E-state index in [1.807, 2.05) is 29.2 Å². The highest BCUT2D eigenvalue weighted by molar-refractivity contribution is 5.80. The van der Waals surface area contributed by atoms with Gasteiger partial charge in [-0.25, -0.2) is 0 Å². The first-order chi connectivity index (χ1) is 8.55. The molecule has 1 aliphatic heterocycles. The molecular formula is C13H18N2O3. The maximum atomic E-state index is 11.2. The van der Waals surface area contributed by atoms with E-state index in [0.29, 0.717) is 13.0 Å². The molecule has 1 saturated heterocycles. The maximum absolute atomic E-state index is 11.2. The van der Waals surface area contributed by atoms with Gasteiger partial charge in [0.1, 0.15) is 11.3 Å². The molecule has 3 N–H and O–H groups in total. The highest BCUT2D eigenvalue weighted by Crippen LogP contribution is 2.26. The van der Waals surface area contributed by atoms with Gasteiger partial charge in [0.25, 0.3) is 0 Å². The van der Waals surface area contributed by atoms with Crippen LogP contribution >= 0.6 is 0 Å². The van der Waals surface area contributed by atoms with Crippen LogP contribution in [0.4, 0.5) is 5.69 Å². The lowest BCUT2D eigenvalue weighted by molar-refractivity contribution is -0.143. The van der Waals surface area contributed by atoms with Crippen molar-refractivity contribution in [1.82, 2.24) is 0 Å². The number of aliphatic carboxylic acids is 1. The van der Waals surface area contributed by atoms with Crippen LogP contribution in [0.2, 0.25) is 0 Å². The minimum absolute atomic E-state index is 0.342. The molecule has 98 valence electrons. The minimum atomic E-state index is -1.14. The number of carboxylic acids is 1. The molecule has 0 aliphatic carbocycles. The van der Waals surface area contributed by atoms with Crippen LogP contribution < -0.4 is 15.4 Å². The second kappa shape index (κ2) is 4.86. The van der Waals surface area contributed by atoms with Gasteiger partial charge in [-0.15, -0.1) is 0 Å². The predicted molar refractivity (Wildman–Crippen MR) is 69.0 cm³/mol. The Bertz CT molecular complexity index is 432. The van der Waals surface area contributed by atoms with Crippen LogP contribution in [0, 0.1) is 0 Å². The SMILES string of the molecule is COc1ccc(N2CCCC(N)(C(=O)O)C2)cc1. The lowest BCUT2D eigenvalue weighted by Gasteiger charge is -2.38. The molecule has 0 aromatic heterocycles. The van der Waals surface area contributed by atoms with Crippen LogP contribution in [0.25, 0.3) is 0 Å². The zero-order valence-electron chi connectivity index (χ0n) is 10.4. The largest absolute Gasteiger partial charge is 0.497 e. The zero-order chi connectivity index (χ0) is 13.2. The van der Waals surface area contributed by atoms with Gasteiger partial charge in [-0.2, -0.15) is 0 Å². The second-order valence-electron chi connectivity index (χ2n) is 4.68. The Morgan fingerprint density at radius 2 is 2.11 bits per heavy atom. The molecule has 0 saturated carbocycles. The summed E-state index contributed by atoms with van der Waals surface area (Å²) < 4.78 is 5.10. The molecule has 1 unspecified atom stereocenters. The van der Waals surface area contributed by atoms with Crippen molar-refractivity contribution >= 4 is 11.7 Å². The van der Waals surface area contributed by atoms with Gasteiger partial charge in [0.15, 0.2) is 0 Å². The number of carboxylic acid groups (broad SMARTS) is 1. The van der Waals surface area contributed by atoms with Gasteiger partial charge in [-0.3, -0.25) is 4.79 Å². The van der Waals surface area contributed by atoms with Crippen molar-refractivity contribution < 1.29 is 14.6 Å². The van der Waals surface area contributed by atoms with Crippen molar-refractivity contribution in [3.63, 3.8) is 0 Å². The van der Waals surface area contributed by atoms with Gasteiger partial charge in [0, 0.05) is 18.8 Å². The lowest BCUT2D eigenvalue weighted by Crippen LogP contribution is -2.59. The van der Waals surface area contributed by atoms with E-state index < -0.39 is 11.5 Å². The summed E-state index contributed by atoms with van der Waals surface area (Å²) in [6.07, 6.45) is 1.31. The number of hydrogen-bond acceptors (Lipinski definition) is 4. The summed E-state index contributed by atoms with van der Waals surface area (Å²) >= 11 is 0. The summed E-state index contributed by atoms with van der Waals surface area (Å²) in [6, 6.07) is 7.57. The van der Waals surface area contributed by atoms with Crippen molar-refractivity contribution in [3.8, 4) is 5.75 Å². The number of nitrogens with zero attached hydrogens (tertiary/aromatic N) is 1. The second-order valence-corrected chi connectivity index (χ2v) is 4.68. The van der Waals surface area contributed by atoms with Crippen LogP contribution in [0.5, 0.6) is 5.75 Å². The molecule has 2 rings (SSSR count). The number of rotatable bonds is 3. The van der Waals surface area contributed by atoms with Crippen molar-refractivity contribution in [2.24, 2.45) is 5.73 Å². The van der Waals surface area contributed by atoms with Gasteiger partial charge in [0.05, 0.1) is 7.11 Å². The molecule has 0 radical (unpaired) electrons. The highest BCUT2D eigenvalue weighted by atomic mass is 16.5. The van der Waals surface area contributed by atoms with E-state index in [-0.39, 0.29) is 0 Å². The molecule has 5 heteroatoms. The third kappa shape index (κ3) is 2.41. The average molecular weight is 250 g/mol. The average Bonchev–Trinajstić information content (AvgIpc) is 2.39. The minimum Gasteiger partial charge on any atom is -0.497 e. The summed E-state index contributed by atoms with van der Waals surface area (Å²) in [5, 5.41) is 9.17. The van der Waals surface area contributed by atoms with Crippen molar-refractivity contribution in [2.75, 3.05) is 25.1 Å². The fourth-order valence-electron chi connectivity index (χ4n) is 2.27. The van der Waals surface area contributed by atoms with Gasteiger partial charge < -0.3 is 20.5 Å². The lowest BCUT2D eigenvalue weighted by atomic mass is 9.90. The Kier molecular flexibility index (Phi) is 3.43. The first-order valence-corrected chi connectivity index (χ1v) is 5.96. The van der Waals surface area contributed by atoms with E-state index in [4.69, 9.17) is 10.5 Å². The third-order valence-electron chi connectivity index (χ3n) is 3.39. The maximum Gasteiger partial charge on any atom is 0.325 e. The summed E-state index contributed by atoms with van der Waals surface area (Å²) in [6.45, 7) is 1.17. The quantitative estimate of drug-likeness (QED) is 0.839. The number of carbonyl (C=O) groups is 1. The summed E-state index contributed by atoms with van der Waals surface area (Å²) in [5.41, 5.74) is 5.76. The molecular weight excluding hydrogens is 232 g/mol. The van der Waals surface area contributed by atoms with Gasteiger partial charge in [0.2, 0.25) is 0 Å². The van der Waals surface area contributed by atoms with E-state index in [1.54, 1.807) is 7.11 Å². The number of ether oxygens (including phenoxy) is 1. The van der Waals surface area contributed by atoms with E-state index in [1.165, 1.54) is 0 Å². The molecule has 1 atom stereocenters. The number of benzene rings is 1. The van der Waals surface area contributed by atoms with E-state index in [9.17, 15) is 9.90 Å². The molecule has 1 heterocycles. The molecule has 1 aromatic rings. The van der Waals surface area contributed by atoms with E-state index in [0.717, 1.165) is 24.4 Å². The number of nitrogens with two attached hydrogens (primary N) is 1. The molecule has 5 nitrogen and oxygen atoms in total. The molecule has 1 aliphatic rings. The third-order valence-corrected chi connectivity index (χ3v) is 3.39. The fraction of sp³-hybridized carbons (Fsp3) is 0.462. The Hall–Kier alpha value is -1.75. The van der Waals surface area contributed by atoms with Gasteiger partial charge in [-0.05, 0) is 37.1 Å². The van der Waals surface area contributed by atoms with Gasteiger partial charge in [-0.1, -0.05) is 0 Å². The first-order valence-electron chi connectivity index (χ1n) is 5.96. The highest BCUT2D eigenvalue weighted by Gasteiger charge is 2.38. The number of methoxy groups -OCH3 is 1. The molecule has 0 bridgehead atoms. The monoisotopic (exact) mass is 250 g/mol. The molecule has 0 amide bonds. The Morgan fingerprint density at radius 1 is 1.44 bits per heavy atom. The number of hydrogen-bond donors (Lipinski definition) is 2. The predicted octanol–water partition coefficient (Wildman–Crippen LogP) is 1.08. The molecule has 1 fully saturated rings. The standard InChI is InChI=1S/C13H18N2O3/c1-18-11-5-3-10(4-6-11)15-8-2-7-13(14,9-15)12(16)17/h3-6H,2,7-9,14H2,1H3,(H,16,17). The topological polar surface area (TPSA) is 75.8 Å². The van der Waals surface area contributed by atoms with Crippen LogP contribution in [-0.4, -0.2) is 36.8 Å². The van der Waals surface area contributed by atoms with Crippen LogP contribution in [0.1, 0.15) is 12.8 Å². The van der Waals surface area contributed by atoms with Gasteiger partial charge >= 0.3 is 5.97 Å². The Labute approximate surface area is 106 Å². The van der Waals surface area contributed by atoms with Crippen LogP contribution in [-0.2, 0) is 4.79 Å². The molecule has 1 aromatic carbocycles. The Balaban J connectivity index is 2.15. The molecule has 0 spiro atoms. The summed E-state index contributed by atoms with van der Waals surface area (Å²) in [4.78, 5) is 13.2. The first kappa shape index (κ1) is 12.7. The Morgan fingerprint density at radius 3 is 2.67 bits per heavy atom. The smallest absolute Gasteiger partial charge is 0.325 e. The number of anilines is 1. The van der Waals surface area contributed by atoms with Crippen molar-refractivity contribution in [1.29, 1.82) is 0 Å². The van der Waals surface area contributed by atoms with Crippen molar-refractivity contribution in [2.45, 2.75) is 18.4 Å². The summed E-state index contributed by atoms with van der Waals surface area (Å²) in [5.74, 6) is -0.145. The summed E-state index contributed by atoms with van der Waals surface area (Å²) in [7, 11) is 1.62. The fourth-order valence-corrected chi connectivity index (χ4v) is 2.27. The van der Waals surface area contributed by atoms with Crippen molar-refractivity contribution in [3.05, 3.63) is 24.3 Å². The van der Waals surface area contributed by atoms with E-state index in [2.05, 4.69) is 0 Å². The normalized spacial score (nSPS) is 23.8. The number of piperidine rings is 1. The zero-order valence-corrected chi connectivity index (χ0v) is 10.4. The van der Waals surface area contributed by atoms with Crippen LogP contribution in [0.3, 0.4) is 0 Å². The molecule has 18 heavy (non-hydrogen) atoms.